The number of hydrogen-bond donors (Lipinski definition) is 1. The first-order chi connectivity index (χ1) is 11.4. The van der Waals surface area contributed by atoms with E-state index in [2.05, 4.69) is 5.32 Å². The standard InChI is InChI=1S/C17H18N2O4S/c1-11-15(5-4-6-16(11)19(21)22)18-17(20)12(2)24-14-9-7-13(23-3)8-10-14/h4-10,12H,1-3H3,(H,18,20)/t12-/m0/s1. The SMILES string of the molecule is COc1ccc(S[C@@H](C)C(=O)Nc2cccc([N+](=O)[O-])c2C)cc1. The van der Waals surface area contributed by atoms with Crippen molar-refractivity contribution in [1.82, 2.24) is 0 Å². The highest BCUT2D eigenvalue weighted by atomic mass is 32.2. The number of carbonyl (C=O) groups excluding carboxylic acids is 1. The highest BCUT2D eigenvalue weighted by Crippen LogP contribution is 2.28. The topological polar surface area (TPSA) is 81.5 Å². The second kappa shape index (κ2) is 7.83. The molecule has 0 aliphatic heterocycles. The molecule has 0 saturated carbocycles. The van der Waals surface area contributed by atoms with Gasteiger partial charge < -0.3 is 10.1 Å². The largest absolute Gasteiger partial charge is 0.497 e. The molecule has 24 heavy (non-hydrogen) atoms. The second-order valence-corrected chi connectivity index (χ2v) is 6.55. The van der Waals surface area contributed by atoms with E-state index in [1.807, 2.05) is 24.3 Å². The lowest BCUT2D eigenvalue weighted by molar-refractivity contribution is -0.385. The van der Waals surface area contributed by atoms with E-state index in [1.54, 1.807) is 33.1 Å². The molecule has 0 aromatic heterocycles. The lowest BCUT2D eigenvalue weighted by atomic mass is 10.1. The van der Waals surface area contributed by atoms with Crippen molar-refractivity contribution in [3.05, 3.63) is 58.1 Å². The highest BCUT2D eigenvalue weighted by Gasteiger charge is 2.18. The first-order valence-electron chi connectivity index (χ1n) is 7.28. The quantitative estimate of drug-likeness (QED) is 0.485. The molecule has 0 spiro atoms. The molecule has 1 atom stereocenters. The Kier molecular flexibility index (Phi) is 5.81. The Morgan fingerprint density at radius 2 is 1.92 bits per heavy atom. The molecule has 0 unspecified atom stereocenters. The summed E-state index contributed by atoms with van der Waals surface area (Å²) in [5, 5.41) is 13.4. The van der Waals surface area contributed by atoms with Crippen molar-refractivity contribution < 1.29 is 14.5 Å². The Balaban J connectivity index is 2.06. The molecule has 2 aromatic carbocycles. The van der Waals surface area contributed by atoms with Gasteiger partial charge in [-0.05, 0) is 44.2 Å². The summed E-state index contributed by atoms with van der Waals surface area (Å²) < 4.78 is 5.10. The number of nitrogens with zero attached hydrogens (tertiary/aromatic N) is 1. The number of amides is 1. The molecule has 0 radical (unpaired) electrons. The van der Waals surface area contributed by atoms with Gasteiger partial charge in [0.2, 0.25) is 5.91 Å². The van der Waals surface area contributed by atoms with Crippen LogP contribution < -0.4 is 10.1 Å². The Morgan fingerprint density at radius 1 is 1.25 bits per heavy atom. The van der Waals surface area contributed by atoms with Crippen molar-refractivity contribution in [2.75, 3.05) is 12.4 Å². The average molecular weight is 346 g/mol. The zero-order valence-corrected chi connectivity index (χ0v) is 14.4. The number of nitro benzene ring substituents is 1. The fourth-order valence-electron chi connectivity index (χ4n) is 2.10. The lowest BCUT2D eigenvalue weighted by Gasteiger charge is -2.13. The van der Waals surface area contributed by atoms with Gasteiger partial charge in [-0.2, -0.15) is 0 Å². The van der Waals surface area contributed by atoms with E-state index in [0.29, 0.717) is 11.3 Å². The molecule has 2 aromatic rings. The minimum Gasteiger partial charge on any atom is -0.497 e. The molecule has 0 heterocycles. The van der Waals surface area contributed by atoms with E-state index in [4.69, 9.17) is 4.74 Å². The molecule has 2 rings (SSSR count). The average Bonchev–Trinajstić information content (AvgIpc) is 2.57. The number of methoxy groups -OCH3 is 1. The summed E-state index contributed by atoms with van der Waals surface area (Å²) in [4.78, 5) is 23.8. The van der Waals surface area contributed by atoms with Gasteiger partial charge in [0.25, 0.3) is 5.69 Å². The van der Waals surface area contributed by atoms with Crippen LogP contribution in [0.2, 0.25) is 0 Å². The van der Waals surface area contributed by atoms with E-state index in [0.717, 1.165) is 10.6 Å². The normalized spacial score (nSPS) is 11.6. The number of anilines is 1. The molecule has 126 valence electrons. The summed E-state index contributed by atoms with van der Waals surface area (Å²) in [7, 11) is 1.60. The summed E-state index contributed by atoms with van der Waals surface area (Å²) in [6.07, 6.45) is 0. The van der Waals surface area contributed by atoms with Gasteiger partial charge in [0.15, 0.2) is 0 Å². The van der Waals surface area contributed by atoms with E-state index >= 15 is 0 Å². The zero-order chi connectivity index (χ0) is 17.7. The number of rotatable bonds is 6. The summed E-state index contributed by atoms with van der Waals surface area (Å²) in [6, 6.07) is 12.1. The minimum absolute atomic E-state index is 0.0109. The Morgan fingerprint density at radius 3 is 2.50 bits per heavy atom. The van der Waals surface area contributed by atoms with Crippen LogP contribution in [-0.2, 0) is 4.79 Å². The van der Waals surface area contributed by atoms with Crippen LogP contribution in [0.5, 0.6) is 5.75 Å². The van der Waals surface area contributed by atoms with Crippen molar-refractivity contribution in [3.8, 4) is 5.75 Å². The maximum Gasteiger partial charge on any atom is 0.274 e. The maximum absolute atomic E-state index is 12.3. The summed E-state index contributed by atoms with van der Waals surface area (Å²) in [5.41, 5.74) is 0.886. The molecular formula is C17H18N2O4S. The number of nitrogens with one attached hydrogen (secondary N) is 1. The fourth-order valence-corrected chi connectivity index (χ4v) is 2.97. The first kappa shape index (κ1) is 17.8. The summed E-state index contributed by atoms with van der Waals surface area (Å²) >= 11 is 1.41. The van der Waals surface area contributed by atoms with Crippen LogP contribution in [0.1, 0.15) is 12.5 Å². The van der Waals surface area contributed by atoms with Crippen LogP contribution >= 0.6 is 11.8 Å². The van der Waals surface area contributed by atoms with Gasteiger partial charge in [0.05, 0.1) is 28.5 Å². The Labute approximate surface area is 144 Å². The van der Waals surface area contributed by atoms with Crippen LogP contribution in [0.3, 0.4) is 0 Å². The molecule has 7 heteroatoms. The van der Waals surface area contributed by atoms with Gasteiger partial charge in [0.1, 0.15) is 5.75 Å². The monoisotopic (exact) mass is 346 g/mol. The molecule has 6 nitrogen and oxygen atoms in total. The van der Waals surface area contributed by atoms with Crippen molar-refractivity contribution >= 4 is 29.0 Å². The van der Waals surface area contributed by atoms with E-state index in [1.165, 1.54) is 17.8 Å². The number of benzene rings is 2. The van der Waals surface area contributed by atoms with Crippen LogP contribution in [0, 0.1) is 17.0 Å². The molecule has 0 aliphatic rings. The summed E-state index contributed by atoms with van der Waals surface area (Å²) in [6.45, 7) is 3.41. The fraction of sp³-hybridized carbons (Fsp3) is 0.235. The third-order valence-corrected chi connectivity index (χ3v) is 4.61. The number of nitro groups is 1. The van der Waals surface area contributed by atoms with Crippen molar-refractivity contribution in [3.63, 3.8) is 0 Å². The van der Waals surface area contributed by atoms with Crippen molar-refractivity contribution in [2.45, 2.75) is 24.0 Å². The lowest BCUT2D eigenvalue weighted by Crippen LogP contribution is -2.22. The smallest absolute Gasteiger partial charge is 0.274 e. The van der Waals surface area contributed by atoms with E-state index < -0.39 is 4.92 Å². The highest BCUT2D eigenvalue weighted by molar-refractivity contribution is 8.00. The van der Waals surface area contributed by atoms with E-state index in [-0.39, 0.29) is 16.8 Å². The number of hydrogen-bond acceptors (Lipinski definition) is 5. The molecule has 0 aliphatic carbocycles. The van der Waals surface area contributed by atoms with Gasteiger partial charge >= 0.3 is 0 Å². The molecule has 1 N–H and O–H groups in total. The molecule has 1 amide bonds. The number of carbonyl (C=O) groups is 1. The second-order valence-electron chi connectivity index (χ2n) is 5.13. The number of thioether (sulfide) groups is 1. The minimum atomic E-state index is -0.458. The molecular weight excluding hydrogens is 328 g/mol. The van der Waals surface area contributed by atoms with Gasteiger partial charge in [-0.15, -0.1) is 11.8 Å². The van der Waals surface area contributed by atoms with Crippen LogP contribution in [-0.4, -0.2) is 23.2 Å². The van der Waals surface area contributed by atoms with Crippen LogP contribution in [0.25, 0.3) is 0 Å². The molecule has 0 saturated heterocycles. The van der Waals surface area contributed by atoms with Gasteiger partial charge in [-0.3, -0.25) is 14.9 Å². The maximum atomic E-state index is 12.3. The Bertz CT molecular complexity index is 747. The van der Waals surface area contributed by atoms with Crippen molar-refractivity contribution in [1.29, 1.82) is 0 Å². The third kappa shape index (κ3) is 4.26. The predicted octanol–water partition coefficient (Wildman–Crippen LogP) is 4.03. The van der Waals surface area contributed by atoms with E-state index in [9.17, 15) is 14.9 Å². The van der Waals surface area contributed by atoms with Gasteiger partial charge in [-0.1, -0.05) is 6.07 Å². The van der Waals surface area contributed by atoms with Crippen LogP contribution in [0.4, 0.5) is 11.4 Å². The number of ether oxygens (including phenoxy) is 1. The zero-order valence-electron chi connectivity index (χ0n) is 13.6. The van der Waals surface area contributed by atoms with Gasteiger partial charge in [-0.25, -0.2) is 0 Å². The first-order valence-corrected chi connectivity index (χ1v) is 8.16. The molecule has 0 fully saturated rings. The molecule has 0 bridgehead atoms. The van der Waals surface area contributed by atoms with Crippen molar-refractivity contribution in [2.24, 2.45) is 0 Å². The Hall–Kier alpha value is -2.54. The van der Waals surface area contributed by atoms with Crippen LogP contribution in [0.15, 0.2) is 47.4 Å². The third-order valence-electron chi connectivity index (χ3n) is 3.50. The van der Waals surface area contributed by atoms with Gasteiger partial charge in [0, 0.05) is 11.0 Å². The predicted molar refractivity (Wildman–Crippen MR) is 94.8 cm³/mol. The summed E-state index contributed by atoms with van der Waals surface area (Å²) in [5.74, 6) is 0.545.